The van der Waals surface area contributed by atoms with E-state index < -0.39 is 0 Å². The highest BCUT2D eigenvalue weighted by Crippen LogP contribution is 2.09. The first kappa shape index (κ1) is 12.6. The maximum atomic E-state index is 12.7. The zero-order valence-corrected chi connectivity index (χ0v) is 10.1. The van der Waals surface area contributed by atoms with Gasteiger partial charge >= 0.3 is 0 Å². The molecule has 0 fully saturated rings. The van der Waals surface area contributed by atoms with Crippen molar-refractivity contribution in [2.45, 2.75) is 13.0 Å². The molecule has 3 heteroatoms. The highest BCUT2D eigenvalue weighted by Gasteiger charge is 1.95. The fourth-order valence-corrected chi connectivity index (χ4v) is 1.73. The highest BCUT2D eigenvalue weighted by atomic mass is 19.1. The van der Waals surface area contributed by atoms with Gasteiger partial charge in [-0.1, -0.05) is 24.3 Å². The molecule has 0 amide bonds. The molecule has 0 spiro atoms. The van der Waals surface area contributed by atoms with Gasteiger partial charge in [-0.2, -0.15) is 0 Å². The number of hydrogen-bond acceptors (Lipinski definition) is 2. The van der Waals surface area contributed by atoms with Crippen LogP contribution in [0.1, 0.15) is 11.1 Å². The first-order valence-corrected chi connectivity index (χ1v) is 5.97. The fourth-order valence-electron chi connectivity index (χ4n) is 1.73. The molecule has 0 aromatic heterocycles. The molecule has 0 aliphatic heterocycles. The molecule has 0 saturated heterocycles. The van der Waals surface area contributed by atoms with Gasteiger partial charge in [0.2, 0.25) is 0 Å². The smallest absolute Gasteiger partial charge is 0.123 e. The van der Waals surface area contributed by atoms with Gasteiger partial charge in [-0.25, -0.2) is 4.39 Å². The second-order valence-corrected chi connectivity index (χ2v) is 4.22. The molecule has 94 valence electrons. The van der Waals surface area contributed by atoms with Crippen molar-refractivity contribution in [3.05, 3.63) is 65.5 Å². The predicted octanol–water partition coefficient (Wildman–Crippen LogP) is 2.86. The Balaban J connectivity index is 1.73. The molecule has 2 N–H and O–H groups in total. The number of nitrogens with one attached hydrogen (secondary N) is 1. The molecular formula is C15H16FNO. The van der Waals surface area contributed by atoms with Crippen LogP contribution in [0.2, 0.25) is 0 Å². The molecule has 0 aliphatic carbocycles. The van der Waals surface area contributed by atoms with E-state index in [0.29, 0.717) is 0 Å². The van der Waals surface area contributed by atoms with E-state index in [1.807, 2.05) is 12.1 Å². The molecule has 2 aromatic rings. The average molecular weight is 245 g/mol. The van der Waals surface area contributed by atoms with Crippen LogP contribution in [0.25, 0.3) is 0 Å². The zero-order valence-electron chi connectivity index (χ0n) is 10.1. The molecule has 2 aromatic carbocycles. The van der Waals surface area contributed by atoms with Crippen LogP contribution < -0.4 is 5.32 Å². The van der Waals surface area contributed by atoms with Gasteiger partial charge in [0.15, 0.2) is 0 Å². The van der Waals surface area contributed by atoms with Crippen LogP contribution in [0.15, 0.2) is 48.5 Å². The van der Waals surface area contributed by atoms with Crippen molar-refractivity contribution in [2.75, 3.05) is 6.54 Å². The lowest BCUT2D eigenvalue weighted by atomic mass is 10.1. The Kier molecular flexibility index (Phi) is 4.31. The van der Waals surface area contributed by atoms with Gasteiger partial charge in [-0.05, 0) is 48.4 Å². The van der Waals surface area contributed by atoms with Crippen molar-refractivity contribution in [2.24, 2.45) is 0 Å². The summed E-state index contributed by atoms with van der Waals surface area (Å²) in [5, 5.41) is 12.5. The first-order valence-electron chi connectivity index (χ1n) is 5.97. The summed E-state index contributed by atoms with van der Waals surface area (Å²) >= 11 is 0. The number of benzene rings is 2. The van der Waals surface area contributed by atoms with Crippen LogP contribution in [-0.4, -0.2) is 11.7 Å². The van der Waals surface area contributed by atoms with Crippen molar-refractivity contribution in [1.82, 2.24) is 5.32 Å². The lowest BCUT2D eigenvalue weighted by Crippen LogP contribution is -2.16. The number of hydrogen-bond donors (Lipinski definition) is 2. The van der Waals surface area contributed by atoms with E-state index in [1.54, 1.807) is 24.3 Å². The Labute approximate surface area is 106 Å². The first-order chi connectivity index (χ1) is 8.74. The third kappa shape index (κ3) is 3.86. The number of phenolic OH excluding ortho intramolecular Hbond substituents is 1. The van der Waals surface area contributed by atoms with Crippen molar-refractivity contribution in [1.29, 1.82) is 0 Å². The standard InChI is InChI=1S/C15H16FNO/c16-14-5-1-12(2-6-14)9-10-17-11-13-3-7-15(18)8-4-13/h1-8,17-18H,9-11H2. The fraction of sp³-hybridized carbons (Fsp3) is 0.200. The summed E-state index contributed by atoms with van der Waals surface area (Å²) in [5.41, 5.74) is 2.25. The minimum atomic E-state index is -0.198. The quantitative estimate of drug-likeness (QED) is 0.794. The van der Waals surface area contributed by atoms with Crippen molar-refractivity contribution in [3.63, 3.8) is 0 Å². The monoisotopic (exact) mass is 245 g/mol. The Morgan fingerprint density at radius 1 is 0.889 bits per heavy atom. The topological polar surface area (TPSA) is 32.3 Å². The summed E-state index contributed by atoms with van der Waals surface area (Å²) < 4.78 is 12.7. The van der Waals surface area contributed by atoms with Crippen LogP contribution in [0.4, 0.5) is 4.39 Å². The maximum absolute atomic E-state index is 12.7. The summed E-state index contributed by atoms with van der Waals surface area (Å²) in [7, 11) is 0. The predicted molar refractivity (Wildman–Crippen MR) is 69.9 cm³/mol. The van der Waals surface area contributed by atoms with E-state index in [1.165, 1.54) is 12.1 Å². The Hall–Kier alpha value is -1.87. The van der Waals surface area contributed by atoms with Crippen molar-refractivity contribution < 1.29 is 9.50 Å². The molecule has 18 heavy (non-hydrogen) atoms. The van der Waals surface area contributed by atoms with E-state index in [2.05, 4.69) is 5.32 Å². The van der Waals surface area contributed by atoms with Crippen molar-refractivity contribution >= 4 is 0 Å². The van der Waals surface area contributed by atoms with Gasteiger partial charge in [0, 0.05) is 6.54 Å². The summed E-state index contributed by atoms with van der Waals surface area (Å²) in [6.45, 7) is 1.61. The average Bonchev–Trinajstić information content (AvgIpc) is 2.39. The molecule has 0 unspecified atom stereocenters. The van der Waals surface area contributed by atoms with E-state index in [0.717, 1.165) is 30.6 Å². The van der Waals surface area contributed by atoms with E-state index >= 15 is 0 Å². The van der Waals surface area contributed by atoms with Crippen LogP contribution in [0, 0.1) is 5.82 Å². The van der Waals surface area contributed by atoms with E-state index in [4.69, 9.17) is 5.11 Å². The molecule has 0 radical (unpaired) electrons. The van der Waals surface area contributed by atoms with Crippen LogP contribution in [0.5, 0.6) is 5.75 Å². The molecular weight excluding hydrogens is 229 g/mol. The van der Waals surface area contributed by atoms with Gasteiger partial charge in [0.25, 0.3) is 0 Å². The minimum absolute atomic E-state index is 0.198. The number of rotatable bonds is 5. The lowest BCUT2D eigenvalue weighted by molar-refractivity contribution is 0.475. The molecule has 2 rings (SSSR count). The van der Waals surface area contributed by atoms with Crippen LogP contribution in [-0.2, 0) is 13.0 Å². The van der Waals surface area contributed by atoms with Crippen LogP contribution >= 0.6 is 0 Å². The van der Waals surface area contributed by atoms with E-state index in [9.17, 15) is 4.39 Å². The summed E-state index contributed by atoms with van der Waals surface area (Å²) in [6, 6.07) is 13.7. The molecule has 0 heterocycles. The molecule has 0 saturated carbocycles. The molecule has 0 atom stereocenters. The Morgan fingerprint density at radius 3 is 2.17 bits per heavy atom. The normalized spacial score (nSPS) is 10.5. The Morgan fingerprint density at radius 2 is 1.50 bits per heavy atom. The lowest BCUT2D eigenvalue weighted by Gasteiger charge is -2.05. The van der Waals surface area contributed by atoms with Gasteiger partial charge in [0.05, 0.1) is 0 Å². The SMILES string of the molecule is Oc1ccc(CNCCc2ccc(F)cc2)cc1. The van der Waals surface area contributed by atoms with Gasteiger partial charge < -0.3 is 10.4 Å². The number of halogens is 1. The van der Waals surface area contributed by atoms with E-state index in [-0.39, 0.29) is 11.6 Å². The Bertz CT molecular complexity index is 431. The summed E-state index contributed by atoms with van der Waals surface area (Å²) in [4.78, 5) is 0. The number of aromatic hydroxyl groups is 1. The van der Waals surface area contributed by atoms with Gasteiger partial charge in [0.1, 0.15) is 11.6 Å². The van der Waals surface area contributed by atoms with Gasteiger partial charge in [-0.3, -0.25) is 0 Å². The largest absolute Gasteiger partial charge is 0.508 e. The zero-order chi connectivity index (χ0) is 12.8. The maximum Gasteiger partial charge on any atom is 0.123 e. The number of phenols is 1. The second-order valence-electron chi connectivity index (χ2n) is 4.22. The second kappa shape index (κ2) is 6.17. The van der Waals surface area contributed by atoms with Gasteiger partial charge in [-0.15, -0.1) is 0 Å². The minimum Gasteiger partial charge on any atom is -0.508 e. The van der Waals surface area contributed by atoms with Crippen LogP contribution in [0.3, 0.4) is 0 Å². The third-order valence-corrected chi connectivity index (χ3v) is 2.77. The third-order valence-electron chi connectivity index (χ3n) is 2.77. The highest BCUT2D eigenvalue weighted by molar-refractivity contribution is 5.25. The summed E-state index contributed by atoms with van der Waals surface area (Å²) in [5.74, 6) is 0.0841. The summed E-state index contributed by atoms with van der Waals surface area (Å²) in [6.07, 6.45) is 0.873. The molecule has 0 aliphatic rings. The molecule has 2 nitrogen and oxygen atoms in total. The van der Waals surface area contributed by atoms with Crippen molar-refractivity contribution in [3.8, 4) is 5.75 Å². The molecule has 0 bridgehead atoms.